The van der Waals surface area contributed by atoms with Crippen molar-refractivity contribution in [3.05, 3.63) is 36.0 Å². The lowest BCUT2D eigenvalue weighted by Crippen LogP contribution is -2.12. The lowest BCUT2D eigenvalue weighted by atomic mass is 10.1. The molecule has 0 bridgehead atoms. The van der Waals surface area contributed by atoms with E-state index in [1.165, 1.54) is 0 Å². The minimum Gasteiger partial charge on any atom is -0.492 e. The van der Waals surface area contributed by atoms with Gasteiger partial charge in [-0.25, -0.2) is 0 Å². The van der Waals surface area contributed by atoms with Crippen LogP contribution in [-0.4, -0.2) is 29.9 Å². The number of hydrogen-bond donors (Lipinski definition) is 1. The average molecular weight is 259 g/mol. The van der Waals surface area contributed by atoms with E-state index in [-0.39, 0.29) is 6.61 Å². The molecule has 0 saturated carbocycles. The maximum atomic E-state index is 9.26. The summed E-state index contributed by atoms with van der Waals surface area (Å²) in [5.41, 5.74) is 1.49. The van der Waals surface area contributed by atoms with Crippen molar-refractivity contribution >= 4 is 10.9 Å². The molecular weight excluding hydrogens is 242 g/mol. The molecule has 1 fully saturated rings. The molecule has 4 nitrogen and oxygen atoms in total. The summed E-state index contributed by atoms with van der Waals surface area (Å²) >= 11 is 0. The van der Waals surface area contributed by atoms with Crippen LogP contribution in [-0.2, 0) is 11.3 Å². The highest BCUT2D eigenvalue weighted by Crippen LogP contribution is 2.26. The molecule has 0 radical (unpaired) electrons. The highest BCUT2D eigenvalue weighted by Gasteiger charge is 2.17. The molecule has 0 amide bonds. The maximum absolute atomic E-state index is 9.26. The van der Waals surface area contributed by atoms with Crippen LogP contribution in [0.15, 0.2) is 30.3 Å². The quantitative estimate of drug-likeness (QED) is 0.914. The predicted molar refractivity (Wildman–Crippen MR) is 72.1 cm³/mol. The number of rotatable bonds is 4. The van der Waals surface area contributed by atoms with Crippen molar-refractivity contribution in [3.8, 4) is 5.75 Å². The Morgan fingerprint density at radius 2 is 2.26 bits per heavy atom. The van der Waals surface area contributed by atoms with Crippen LogP contribution in [0.2, 0.25) is 0 Å². The number of para-hydroxylation sites is 1. The standard InChI is InChI=1S/C15H17NO3/c17-8-12-7-15(19-10-11-5-6-18-9-11)13-3-1-2-4-14(13)16-12/h1-4,7,11,17H,5-6,8-10H2. The molecule has 1 aliphatic heterocycles. The van der Waals surface area contributed by atoms with E-state index >= 15 is 0 Å². The third kappa shape index (κ3) is 2.69. The first kappa shape index (κ1) is 12.4. The Morgan fingerprint density at radius 1 is 1.37 bits per heavy atom. The lowest BCUT2D eigenvalue weighted by Gasteiger charge is -2.13. The predicted octanol–water partition coefficient (Wildman–Crippen LogP) is 2.14. The first-order valence-corrected chi connectivity index (χ1v) is 6.57. The van der Waals surface area contributed by atoms with Crippen molar-refractivity contribution in [2.45, 2.75) is 13.0 Å². The van der Waals surface area contributed by atoms with Crippen LogP contribution in [0.1, 0.15) is 12.1 Å². The van der Waals surface area contributed by atoms with E-state index in [0.717, 1.165) is 36.3 Å². The van der Waals surface area contributed by atoms with Gasteiger partial charge < -0.3 is 14.6 Å². The van der Waals surface area contributed by atoms with Gasteiger partial charge in [0.25, 0.3) is 0 Å². The molecule has 1 aromatic heterocycles. The van der Waals surface area contributed by atoms with E-state index in [2.05, 4.69) is 4.98 Å². The molecular formula is C15H17NO3. The van der Waals surface area contributed by atoms with Crippen molar-refractivity contribution < 1.29 is 14.6 Å². The van der Waals surface area contributed by atoms with Crippen molar-refractivity contribution in [1.29, 1.82) is 0 Å². The summed E-state index contributed by atoms with van der Waals surface area (Å²) in [5.74, 6) is 1.26. The molecule has 1 saturated heterocycles. The number of ether oxygens (including phenoxy) is 2. The van der Waals surface area contributed by atoms with E-state index in [0.29, 0.717) is 18.2 Å². The van der Waals surface area contributed by atoms with Crippen LogP contribution in [0.5, 0.6) is 5.75 Å². The Labute approximate surface area is 112 Å². The monoisotopic (exact) mass is 259 g/mol. The minimum atomic E-state index is -0.0757. The molecule has 0 spiro atoms. The third-order valence-corrected chi connectivity index (χ3v) is 3.39. The van der Waals surface area contributed by atoms with Crippen molar-refractivity contribution in [1.82, 2.24) is 4.98 Å². The second-order valence-electron chi connectivity index (χ2n) is 4.83. The van der Waals surface area contributed by atoms with Crippen LogP contribution in [0.3, 0.4) is 0 Å². The summed E-state index contributed by atoms with van der Waals surface area (Å²) in [7, 11) is 0. The number of nitrogens with zero attached hydrogens (tertiary/aromatic N) is 1. The summed E-state index contributed by atoms with van der Waals surface area (Å²) in [6.07, 6.45) is 1.05. The molecule has 1 atom stereocenters. The van der Waals surface area contributed by atoms with Gasteiger partial charge in [0.1, 0.15) is 5.75 Å². The summed E-state index contributed by atoms with van der Waals surface area (Å²) in [5, 5.41) is 10.2. The highest BCUT2D eigenvalue weighted by molar-refractivity contribution is 5.85. The number of hydrogen-bond acceptors (Lipinski definition) is 4. The van der Waals surface area contributed by atoms with Gasteiger partial charge in [-0.05, 0) is 18.6 Å². The molecule has 3 rings (SSSR count). The molecule has 1 aromatic carbocycles. The average Bonchev–Trinajstić information content (AvgIpc) is 2.97. The van der Waals surface area contributed by atoms with E-state index in [1.807, 2.05) is 30.3 Å². The summed E-state index contributed by atoms with van der Waals surface area (Å²) in [6.45, 7) is 2.18. The molecule has 1 N–H and O–H groups in total. The maximum Gasteiger partial charge on any atom is 0.130 e. The largest absolute Gasteiger partial charge is 0.492 e. The van der Waals surface area contributed by atoms with Gasteiger partial charge in [-0.2, -0.15) is 0 Å². The van der Waals surface area contributed by atoms with Crippen LogP contribution in [0.4, 0.5) is 0 Å². The van der Waals surface area contributed by atoms with Gasteiger partial charge in [-0.15, -0.1) is 0 Å². The molecule has 1 aliphatic rings. The number of aliphatic hydroxyl groups excluding tert-OH is 1. The number of benzene rings is 1. The van der Waals surface area contributed by atoms with Crippen molar-refractivity contribution in [2.75, 3.05) is 19.8 Å². The topological polar surface area (TPSA) is 51.6 Å². The molecule has 19 heavy (non-hydrogen) atoms. The first-order chi connectivity index (χ1) is 9.36. The van der Waals surface area contributed by atoms with E-state index in [1.54, 1.807) is 0 Å². The Bertz CT molecular complexity index is 564. The second-order valence-corrected chi connectivity index (χ2v) is 4.83. The van der Waals surface area contributed by atoms with Gasteiger partial charge >= 0.3 is 0 Å². The van der Waals surface area contributed by atoms with Gasteiger partial charge in [0.15, 0.2) is 0 Å². The Balaban J connectivity index is 1.87. The summed E-state index contributed by atoms with van der Waals surface area (Å²) < 4.78 is 11.3. The Hall–Kier alpha value is -1.65. The number of aromatic nitrogens is 1. The smallest absolute Gasteiger partial charge is 0.130 e. The molecule has 1 unspecified atom stereocenters. The Morgan fingerprint density at radius 3 is 3.05 bits per heavy atom. The second kappa shape index (κ2) is 5.55. The highest BCUT2D eigenvalue weighted by atomic mass is 16.5. The number of fused-ring (bicyclic) bond motifs is 1. The zero-order valence-electron chi connectivity index (χ0n) is 10.7. The minimum absolute atomic E-state index is 0.0757. The van der Waals surface area contributed by atoms with Gasteiger partial charge in [-0.3, -0.25) is 4.98 Å². The fourth-order valence-corrected chi connectivity index (χ4v) is 2.32. The normalized spacial score (nSPS) is 18.9. The van der Waals surface area contributed by atoms with Crippen molar-refractivity contribution in [3.63, 3.8) is 0 Å². The fourth-order valence-electron chi connectivity index (χ4n) is 2.32. The van der Waals surface area contributed by atoms with Crippen LogP contribution < -0.4 is 4.74 Å². The zero-order valence-corrected chi connectivity index (χ0v) is 10.7. The lowest BCUT2D eigenvalue weighted by molar-refractivity contribution is 0.167. The summed E-state index contributed by atoms with van der Waals surface area (Å²) in [4.78, 5) is 4.38. The number of pyridine rings is 1. The fraction of sp³-hybridized carbons (Fsp3) is 0.400. The van der Waals surface area contributed by atoms with E-state index in [4.69, 9.17) is 9.47 Å². The van der Waals surface area contributed by atoms with Gasteiger partial charge in [-0.1, -0.05) is 12.1 Å². The molecule has 2 heterocycles. The zero-order chi connectivity index (χ0) is 13.1. The molecule has 2 aromatic rings. The summed E-state index contributed by atoms with van der Waals surface area (Å²) in [6, 6.07) is 9.64. The molecule has 0 aliphatic carbocycles. The van der Waals surface area contributed by atoms with Gasteiger partial charge in [0, 0.05) is 24.0 Å². The first-order valence-electron chi connectivity index (χ1n) is 6.57. The van der Waals surface area contributed by atoms with Gasteiger partial charge in [0.05, 0.1) is 31.0 Å². The van der Waals surface area contributed by atoms with E-state index in [9.17, 15) is 5.11 Å². The Kier molecular flexibility index (Phi) is 3.62. The van der Waals surface area contributed by atoms with E-state index < -0.39 is 0 Å². The van der Waals surface area contributed by atoms with Crippen molar-refractivity contribution in [2.24, 2.45) is 5.92 Å². The van der Waals surface area contributed by atoms with Crippen LogP contribution in [0, 0.1) is 5.92 Å². The third-order valence-electron chi connectivity index (χ3n) is 3.39. The molecule has 100 valence electrons. The SMILES string of the molecule is OCc1cc(OCC2CCOC2)c2ccccc2n1. The molecule has 4 heteroatoms. The number of aliphatic hydroxyl groups is 1. The van der Waals surface area contributed by atoms with Gasteiger partial charge in [0.2, 0.25) is 0 Å². The van der Waals surface area contributed by atoms with Crippen LogP contribution in [0.25, 0.3) is 10.9 Å². The van der Waals surface area contributed by atoms with Crippen LogP contribution >= 0.6 is 0 Å².